The number of nitrogens with one attached hydrogen (secondary N) is 2. The third kappa shape index (κ3) is 5.46. The molecule has 0 fully saturated rings. The fourth-order valence-corrected chi connectivity index (χ4v) is 4.20. The fraction of sp³-hybridized carbons (Fsp3) is 0.207. The van der Waals surface area contributed by atoms with Crippen molar-refractivity contribution in [1.29, 1.82) is 0 Å². The first-order valence-electron chi connectivity index (χ1n) is 12.0. The number of para-hydroxylation sites is 2. The molecule has 0 bridgehead atoms. The van der Waals surface area contributed by atoms with Gasteiger partial charge in [-0.2, -0.15) is 0 Å². The average Bonchev–Trinajstić information content (AvgIpc) is 3.46. The van der Waals surface area contributed by atoms with E-state index in [9.17, 15) is 4.79 Å². The van der Waals surface area contributed by atoms with E-state index in [0.29, 0.717) is 13.0 Å². The van der Waals surface area contributed by atoms with E-state index in [1.165, 1.54) is 0 Å². The van der Waals surface area contributed by atoms with Crippen molar-refractivity contribution in [2.75, 3.05) is 0 Å². The molecular formula is C29H28N4O3. The molecule has 0 saturated carbocycles. The maximum Gasteiger partial charge on any atom is 0.225 e. The van der Waals surface area contributed by atoms with Gasteiger partial charge in [-0.15, -0.1) is 0 Å². The summed E-state index contributed by atoms with van der Waals surface area (Å²) in [4.78, 5) is 21.2. The number of aromatic nitrogens is 3. The number of amides is 1. The van der Waals surface area contributed by atoms with Gasteiger partial charge in [0.25, 0.3) is 0 Å². The van der Waals surface area contributed by atoms with Gasteiger partial charge in [-0.25, -0.2) is 4.98 Å². The zero-order valence-electron chi connectivity index (χ0n) is 20.3. The summed E-state index contributed by atoms with van der Waals surface area (Å²) >= 11 is 0. The van der Waals surface area contributed by atoms with Crippen LogP contribution in [0.15, 0.2) is 83.4 Å². The number of ether oxygens (including phenoxy) is 1. The van der Waals surface area contributed by atoms with Gasteiger partial charge in [0.15, 0.2) is 0 Å². The fourth-order valence-electron chi connectivity index (χ4n) is 4.20. The SMILES string of the molecule is Cc1noc(C)c1COc1ccc(CC(=O)N[C@@H](Cc2ccccc2)c2nc3ccccc3[nH]2)cc1. The maximum atomic E-state index is 13.0. The van der Waals surface area contributed by atoms with Crippen LogP contribution in [0.1, 0.15) is 40.0 Å². The van der Waals surface area contributed by atoms with Crippen LogP contribution in [0.2, 0.25) is 0 Å². The third-order valence-corrected chi connectivity index (χ3v) is 6.21. The highest BCUT2D eigenvalue weighted by Gasteiger charge is 2.19. The molecule has 7 nitrogen and oxygen atoms in total. The number of aryl methyl sites for hydroxylation is 2. The molecule has 182 valence electrons. The number of nitrogens with zero attached hydrogens (tertiary/aromatic N) is 2. The first-order chi connectivity index (χ1) is 17.5. The van der Waals surface area contributed by atoms with Gasteiger partial charge in [0.05, 0.1) is 34.8 Å². The number of imidazole rings is 1. The van der Waals surface area contributed by atoms with Crippen LogP contribution in [0.4, 0.5) is 0 Å². The summed E-state index contributed by atoms with van der Waals surface area (Å²) in [6.07, 6.45) is 0.899. The van der Waals surface area contributed by atoms with E-state index in [2.05, 4.69) is 27.6 Å². The van der Waals surface area contributed by atoms with E-state index in [4.69, 9.17) is 14.2 Å². The van der Waals surface area contributed by atoms with E-state index >= 15 is 0 Å². The minimum atomic E-state index is -0.273. The van der Waals surface area contributed by atoms with Crippen molar-refractivity contribution in [2.24, 2.45) is 0 Å². The first kappa shape index (κ1) is 23.4. The van der Waals surface area contributed by atoms with Gasteiger partial charge in [0.1, 0.15) is 23.9 Å². The van der Waals surface area contributed by atoms with Crippen molar-refractivity contribution in [3.8, 4) is 5.75 Å². The van der Waals surface area contributed by atoms with Gasteiger partial charge < -0.3 is 19.6 Å². The topological polar surface area (TPSA) is 93.0 Å². The second kappa shape index (κ2) is 10.5. The van der Waals surface area contributed by atoms with E-state index < -0.39 is 0 Å². The van der Waals surface area contributed by atoms with E-state index in [-0.39, 0.29) is 18.4 Å². The molecule has 2 aromatic heterocycles. The number of rotatable bonds is 9. The minimum Gasteiger partial charge on any atom is -0.489 e. The van der Waals surface area contributed by atoms with Crippen molar-refractivity contribution in [2.45, 2.75) is 39.3 Å². The molecule has 0 unspecified atom stereocenters. The Morgan fingerprint density at radius 2 is 1.72 bits per heavy atom. The Labute approximate surface area is 209 Å². The van der Waals surface area contributed by atoms with Gasteiger partial charge in [-0.3, -0.25) is 4.79 Å². The molecule has 0 radical (unpaired) electrons. The number of hydrogen-bond acceptors (Lipinski definition) is 5. The summed E-state index contributed by atoms with van der Waals surface area (Å²) in [6.45, 7) is 4.16. The summed E-state index contributed by atoms with van der Waals surface area (Å²) in [7, 11) is 0. The molecular weight excluding hydrogens is 452 g/mol. The van der Waals surface area contributed by atoms with Crippen LogP contribution in [0.3, 0.4) is 0 Å². The Hall–Kier alpha value is -4.39. The van der Waals surface area contributed by atoms with Crippen molar-refractivity contribution < 1.29 is 14.1 Å². The molecule has 0 saturated heterocycles. The molecule has 2 heterocycles. The summed E-state index contributed by atoms with van der Waals surface area (Å²) in [5.74, 6) is 2.16. The van der Waals surface area contributed by atoms with E-state index in [1.54, 1.807) is 0 Å². The normalized spacial score (nSPS) is 11.9. The van der Waals surface area contributed by atoms with E-state index in [1.807, 2.05) is 80.6 Å². The number of fused-ring (bicyclic) bond motifs is 1. The molecule has 1 amide bonds. The Kier molecular flexibility index (Phi) is 6.80. The molecule has 36 heavy (non-hydrogen) atoms. The summed E-state index contributed by atoms with van der Waals surface area (Å²) < 4.78 is 11.1. The lowest BCUT2D eigenvalue weighted by Gasteiger charge is -2.17. The van der Waals surface area contributed by atoms with Crippen LogP contribution in [0.5, 0.6) is 5.75 Å². The van der Waals surface area contributed by atoms with Crippen LogP contribution >= 0.6 is 0 Å². The Morgan fingerprint density at radius 1 is 0.972 bits per heavy atom. The highest BCUT2D eigenvalue weighted by molar-refractivity contribution is 5.79. The second-order valence-electron chi connectivity index (χ2n) is 8.86. The van der Waals surface area contributed by atoms with Gasteiger partial charge in [0, 0.05) is 0 Å². The van der Waals surface area contributed by atoms with E-state index in [0.717, 1.165) is 50.8 Å². The zero-order chi connectivity index (χ0) is 24.9. The van der Waals surface area contributed by atoms with Gasteiger partial charge >= 0.3 is 0 Å². The number of H-pyrrole nitrogens is 1. The second-order valence-corrected chi connectivity index (χ2v) is 8.86. The summed E-state index contributed by atoms with van der Waals surface area (Å²) in [5.41, 5.74) is 5.64. The number of benzene rings is 3. The number of hydrogen-bond donors (Lipinski definition) is 2. The predicted molar refractivity (Wildman–Crippen MR) is 138 cm³/mol. The van der Waals surface area contributed by atoms with Crippen LogP contribution in [0.25, 0.3) is 11.0 Å². The lowest BCUT2D eigenvalue weighted by molar-refractivity contribution is -0.121. The Balaban J connectivity index is 1.25. The summed E-state index contributed by atoms with van der Waals surface area (Å²) in [6, 6.07) is 25.3. The summed E-state index contributed by atoms with van der Waals surface area (Å²) in [5, 5.41) is 7.13. The quantitative estimate of drug-likeness (QED) is 0.295. The van der Waals surface area contributed by atoms with Crippen LogP contribution in [0, 0.1) is 13.8 Å². The van der Waals surface area contributed by atoms with Crippen molar-refractivity contribution in [1.82, 2.24) is 20.4 Å². The predicted octanol–water partition coefficient (Wildman–Crippen LogP) is 5.39. The van der Waals surface area contributed by atoms with Gasteiger partial charge in [-0.05, 0) is 55.7 Å². The molecule has 0 aliphatic carbocycles. The van der Waals surface area contributed by atoms with Crippen LogP contribution < -0.4 is 10.1 Å². The Bertz CT molecular complexity index is 1400. The Morgan fingerprint density at radius 3 is 2.44 bits per heavy atom. The maximum absolute atomic E-state index is 13.0. The first-order valence-corrected chi connectivity index (χ1v) is 12.0. The van der Waals surface area contributed by atoms with Gasteiger partial charge in [0.2, 0.25) is 5.91 Å². The lowest BCUT2D eigenvalue weighted by atomic mass is 10.0. The average molecular weight is 481 g/mol. The highest BCUT2D eigenvalue weighted by atomic mass is 16.5. The third-order valence-electron chi connectivity index (χ3n) is 6.21. The minimum absolute atomic E-state index is 0.0687. The van der Waals surface area contributed by atoms with Crippen molar-refractivity contribution >= 4 is 16.9 Å². The molecule has 5 rings (SSSR count). The molecule has 0 aliphatic heterocycles. The number of carbonyl (C=O) groups excluding carboxylic acids is 1. The monoisotopic (exact) mass is 480 g/mol. The van der Waals surface area contributed by atoms with Crippen LogP contribution in [-0.4, -0.2) is 21.0 Å². The molecule has 0 spiro atoms. The van der Waals surface area contributed by atoms with Gasteiger partial charge in [-0.1, -0.05) is 59.8 Å². The van der Waals surface area contributed by atoms with Crippen molar-refractivity contribution in [3.05, 3.63) is 113 Å². The number of aromatic amines is 1. The zero-order valence-corrected chi connectivity index (χ0v) is 20.3. The van der Waals surface area contributed by atoms with Crippen LogP contribution in [-0.2, 0) is 24.2 Å². The molecule has 3 aromatic carbocycles. The molecule has 0 aliphatic rings. The van der Waals surface area contributed by atoms with Crippen molar-refractivity contribution in [3.63, 3.8) is 0 Å². The molecule has 7 heteroatoms. The molecule has 5 aromatic rings. The lowest BCUT2D eigenvalue weighted by Crippen LogP contribution is -2.32. The smallest absolute Gasteiger partial charge is 0.225 e. The highest BCUT2D eigenvalue weighted by Crippen LogP contribution is 2.21. The standard InChI is InChI=1S/C29H28N4O3/c1-19-24(20(2)36-33-19)18-35-23-14-12-22(13-15-23)17-28(34)30-27(16-21-8-4-3-5-9-21)29-31-25-10-6-7-11-26(25)32-29/h3-15,27H,16-18H2,1-2H3,(H,30,34)(H,31,32)/t27-/m0/s1. The molecule has 1 atom stereocenters. The number of carbonyl (C=O) groups is 1. The molecule has 2 N–H and O–H groups in total. The largest absolute Gasteiger partial charge is 0.489 e.